The minimum absolute atomic E-state index is 0.00111. The Labute approximate surface area is 230 Å². The average molecular weight is 560 g/mol. The monoisotopic (exact) mass is 559 g/mol. The Bertz CT molecular complexity index is 1310. The van der Waals surface area contributed by atoms with Crippen molar-refractivity contribution < 1.29 is 23.8 Å². The molecule has 0 saturated carbocycles. The fourth-order valence-corrected chi connectivity index (χ4v) is 5.04. The number of hydrogen-bond acceptors (Lipinski definition) is 10. The van der Waals surface area contributed by atoms with E-state index < -0.39 is 23.7 Å². The molecule has 3 atom stereocenters. The molecule has 1 aliphatic rings. The van der Waals surface area contributed by atoms with Gasteiger partial charge in [-0.2, -0.15) is 4.98 Å². The maximum absolute atomic E-state index is 12.8. The summed E-state index contributed by atoms with van der Waals surface area (Å²) in [4.78, 5) is 40.9. The van der Waals surface area contributed by atoms with Crippen molar-refractivity contribution in [1.29, 1.82) is 0 Å². The number of aromatic nitrogens is 3. The highest BCUT2D eigenvalue weighted by molar-refractivity contribution is 7.15. The number of carbonyl (C=O) groups is 2. The second-order valence-corrected chi connectivity index (χ2v) is 11.3. The molecule has 4 rings (SSSR count). The van der Waals surface area contributed by atoms with Crippen molar-refractivity contribution in [3.8, 4) is 10.6 Å². The van der Waals surface area contributed by atoms with Crippen LogP contribution in [0.2, 0.25) is 5.02 Å². The first-order valence-corrected chi connectivity index (χ1v) is 13.2. The molecule has 1 aromatic carbocycles. The van der Waals surface area contributed by atoms with E-state index in [-0.39, 0.29) is 36.2 Å². The van der Waals surface area contributed by atoms with E-state index in [1.807, 2.05) is 58.9 Å². The first-order chi connectivity index (χ1) is 17.9. The van der Waals surface area contributed by atoms with E-state index in [2.05, 4.69) is 20.3 Å². The molecule has 1 aliphatic heterocycles. The summed E-state index contributed by atoms with van der Waals surface area (Å²) in [6.45, 7) is 9.74. The van der Waals surface area contributed by atoms with Crippen molar-refractivity contribution in [3.63, 3.8) is 0 Å². The summed E-state index contributed by atoms with van der Waals surface area (Å²) < 4.78 is 16.3. The molecule has 1 saturated heterocycles. The van der Waals surface area contributed by atoms with Crippen LogP contribution in [0, 0.1) is 0 Å². The molecule has 0 radical (unpaired) electrons. The molecule has 0 spiro atoms. The molecule has 12 heteroatoms. The summed E-state index contributed by atoms with van der Waals surface area (Å²) in [5, 5.41) is 4.72. The number of cyclic esters (lactones) is 1. The van der Waals surface area contributed by atoms with Crippen LogP contribution in [0.15, 0.2) is 36.5 Å². The normalized spacial score (nSPS) is 17.2. The van der Waals surface area contributed by atoms with Crippen LogP contribution in [-0.2, 0) is 14.2 Å². The van der Waals surface area contributed by atoms with E-state index in [0.29, 0.717) is 5.02 Å². The number of carbonyl (C=O) groups excluding carboxylic acids is 2. The third kappa shape index (κ3) is 6.40. The lowest BCUT2D eigenvalue weighted by atomic mass is 10.1. The third-order valence-corrected chi connectivity index (χ3v) is 7.21. The average Bonchev–Trinajstić information content (AvgIpc) is 3.50. The van der Waals surface area contributed by atoms with Gasteiger partial charge in [-0.05, 0) is 46.8 Å². The van der Waals surface area contributed by atoms with Gasteiger partial charge in [0.1, 0.15) is 23.5 Å². The Hall–Kier alpha value is -3.28. The van der Waals surface area contributed by atoms with E-state index in [4.69, 9.17) is 25.8 Å². The zero-order chi connectivity index (χ0) is 27.6. The molecule has 202 valence electrons. The molecule has 0 aliphatic carbocycles. The van der Waals surface area contributed by atoms with E-state index in [9.17, 15) is 9.59 Å². The summed E-state index contributed by atoms with van der Waals surface area (Å²) in [5.41, 5.74) is 0.525. The number of amides is 1. The zero-order valence-electron chi connectivity index (χ0n) is 22.0. The lowest BCUT2D eigenvalue weighted by Crippen LogP contribution is -2.45. The predicted octanol–water partition coefficient (Wildman–Crippen LogP) is 5.74. The minimum atomic E-state index is -0.657. The molecule has 2 aromatic heterocycles. The van der Waals surface area contributed by atoms with Crippen LogP contribution in [0.1, 0.15) is 56.0 Å². The van der Waals surface area contributed by atoms with Gasteiger partial charge >= 0.3 is 12.1 Å². The highest BCUT2D eigenvalue weighted by Gasteiger charge is 2.41. The van der Waals surface area contributed by atoms with Gasteiger partial charge in [-0.3, -0.25) is 4.90 Å². The fourth-order valence-electron chi connectivity index (χ4n) is 3.99. The topological polar surface area (TPSA) is 116 Å². The number of benzene rings is 1. The number of halogens is 1. The largest absolute Gasteiger partial charge is 0.464 e. The van der Waals surface area contributed by atoms with Gasteiger partial charge in [-0.25, -0.2) is 19.6 Å². The van der Waals surface area contributed by atoms with Crippen molar-refractivity contribution in [3.05, 3.63) is 52.1 Å². The second-order valence-electron chi connectivity index (χ2n) is 9.82. The van der Waals surface area contributed by atoms with E-state index >= 15 is 0 Å². The lowest BCUT2D eigenvalue weighted by molar-refractivity contribution is -0.0618. The van der Waals surface area contributed by atoms with E-state index in [1.165, 1.54) is 29.4 Å². The number of thiazole rings is 1. The molecule has 0 unspecified atom stereocenters. The molecular formula is C26H30ClN5O5S. The molecule has 1 N–H and O–H groups in total. The van der Waals surface area contributed by atoms with Crippen LogP contribution in [0.5, 0.6) is 0 Å². The molecular weight excluding hydrogens is 530 g/mol. The number of esters is 1. The summed E-state index contributed by atoms with van der Waals surface area (Å²) in [7, 11) is 1.27. The zero-order valence-corrected chi connectivity index (χ0v) is 23.6. The van der Waals surface area contributed by atoms with Gasteiger partial charge in [0, 0.05) is 27.7 Å². The molecule has 10 nitrogen and oxygen atoms in total. The number of rotatable bonds is 8. The van der Waals surface area contributed by atoms with Crippen molar-refractivity contribution >= 4 is 46.8 Å². The first kappa shape index (κ1) is 27.7. The van der Waals surface area contributed by atoms with Gasteiger partial charge in [0.05, 0.1) is 24.9 Å². The molecule has 1 fully saturated rings. The number of anilines is 2. The number of nitrogens with one attached hydrogen (secondary N) is 1. The Morgan fingerprint density at radius 2 is 1.95 bits per heavy atom. The fraction of sp³-hybridized carbons (Fsp3) is 0.423. The van der Waals surface area contributed by atoms with Gasteiger partial charge in [0.15, 0.2) is 5.69 Å². The smallest absolute Gasteiger partial charge is 0.416 e. The molecule has 38 heavy (non-hydrogen) atoms. The third-order valence-electron chi connectivity index (χ3n) is 5.73. The number of ether oxygens (including phenoxy) is 3. The van der Waals surface area contributed by atoms with Crippen LogP contribution < -0.4 is 10.2 Å². The number of methoxy groups -OCH3 is 1. The van der Waals surface area contributed by atoms with Gasteiger partial charge in [-0.15, -0.1) is 11.3 Å². The summed E-state index contributed by atoms with van der Waals surface area (Å²) >= 11 is 7.51. The van der Waals surface area contributed by atoms with Crippen LogP contribution in [0.3, 0.4) is 0 Å². The van der Waals surface area contributed by atoms with Crippen molar-refractivity contribution in [2.45, 2.75) is 58.4 Å². The van der Waals surface area contributed by atoms with Crippen LogP contribution in [0.4, 0.5) is 16.6 Å². The minimum Gasteiger partial charge on any atom is -0.464 e. The standard InChI is InChI=1S/C26H30ClN5O5S/c1-14(20-12-28-22(38-20)16-7-9-17(27)10-8-16)29-24-30-18(23(33)35-6)11-21(31-24)32-19(13-36-25(32)34)15(2)37-26(3,4)5/h7-12,14-15,19H,13H2,1-6H3,(H,29,30,31)/t14-,15+,19+/m0/s1. The molecule has 3 heterocycles. The van der Waals surface area contributed by atoms with Crippen LogP contribution in [-0.4, -0.2) is 58.5 Å². The number of hydrogen-bond donors (Lipinski definition) is 1. The SMILES string of the molecule is COC(=O)c1cc(N2C(=O)OC[C@@H]2[C@@H](C)OC(C)(C)C)nc(N[C@@H](C)c2cnc(-c3ccc(Cl)cc3)s2)n1. The van der Waals surface area contributed by atoms with E-state index in [1.54, 1.807) is 6.20 Å². The van der Waals surface area contributed by atoms with E-state index in [0.717, 1.165) is 15.4 Å². The maximum atomic E-state index is 12.8. The summed E-state index contributed by atoms with van der Waals surface area (Å²) in [6, 6.07) is 8.17. The summed E-state index contributed by atoms with van der Waals surface area (Å²) in [5.74, 6) is -0.298. The van der Waals surface area contributed by atoms with Crippen molar-refractivity contribution in [1.82, 2.24) is 15.0 Å². The first-order valence-electron chi connectivity index (χ1n) is 12.0. The van der Waals surface area contributed by atoms with Gasteiger partial charge in [-0.1, -0.05) is 23.7 Å². The van der Waals surface area contributed by atoms with Crippen LogP contribution in [0.25, 0.3) is 10.6 Å². The Kier molecular flexibility index (Phi) is 8.19. The Balaban J connectivity index is 1.62. The van der Waals surface area contributed by atoms with Crippen molar-refractivity contribution in [2.75, 3.05) is 23.9 Å². The van der Waals surface area contributed by atoms with Gasteiger partial charge < -0.3 is 19.5 Å². The highest BCUT2D eigenvalue weighted by atomic mass is 35.5. The van der Waals surface area contributed by atoms with Gasteiger partial charge in [0.2, 0.25) is 5.95 Å². The maximum Gasteiger partial charge on any atom is 0.416 e. The second kappa shape index (κ2) is 11.2. The molecule has 0 bridgehead atoms. The highest BCUT2D eigenvalue weighted by Crippen LogP contribution is 2.32. The Morgan fingerprint density at radius 3 is 2.61 bits per heavy atom. The molecule has 3 aromatic rings. The summed E-state index contributed by atoms with van der Waals surface area (Å²) in [6.07, 6.45) is 0.830. The number of nitrogens with zero attached hydrogens (tertiary/aromatic N) is 4. The lowest BCUT2D eigenvalue weighted by Gasteiger charge is -2.31. The predicted molar refractivity (Wildman–Crippen MR) is 146 cm³/mol. The van der Waals surface area contributed by atoms with Gasteiger partial charge in [0.25, 0.3) is 0 Å². The van der Waals surface area contributed by atoms with Crippen molar-refractivity contribution in [2.24, 2.45) is 0 Å². The van der Waals surface area contributed by atoms with Crippen LogP contribution >= 0.6 is 22.9 Å². The Morgan fingerprint density at radius 1 is 1.24 bits per heavy atom. The quantitative estimate of drug-likeness (QED) is 0.345. The molecule has 1 amide bonds.